The number of rotatable bonds is 2. The van der Waals surface area contributed by atoms with Crippen molar-refractivity contribution in [3.05, 3.63) is 35.4 Å². The lowest BCUT2D eigenvalue weighted by atomic mass is 10.0. The molecule has 0 heterocycles. The molecule has 1 aromatic carbocycles. The summed E-state index contributed by atoms with van der Waals surface area (Å²) in [7, 11) is 0. The fourth-order valence-electron chi connectivity index (χ4n) is 1.50. The number of aliphatic imine (C=N–C) groups is 1. The lowest BCUT2D eigenvalue weighted by molar-refractivity contribution is 0.582. The molecule has 0 bridgehead atoms. The second-order valence-electron chi connectivity index (χ2n) is 4.95. The lowest BCUT2D eigenvalue weighted by Gasteiger charge is -2.15. The highest BCUT2D eigenvalue weighted by atomic mass is 14.8. The highest BCUT2D eigenvalue weighted by molar-refractivity contribution is 6.00. The molecule has 1 nitrogen and oxygen atoms in total. The van der Waals surface area contributed by atoms with Gasteiger partial charge in [0, 0.05) is 5.71 Å². The Labute approximate surface area is 93.2 Å². The average molecular weight is 203 g/mol. The van der Waals surface area contributed by atoms with Gasteiger partial charge in [0.2, 0.25) is 0 Å². The SMILES string of the molecule is CCC(=NC(C)(C)C)c1ccc(C)cc1. The molecule has 0 amide bonds. The third kappa shape index (κ3) is 3.86. The van der Waals surface area contributed by atoms with Crippen molar-refractivity contribution in [3.8, 4) is 0 Å². The summed E-state index contributed by atoms with van der Waals surface area (Å²) in [6.45, 7) is 10.7. The molecule has 0 N–H and O–H groups in total. The van der Waals surface area contributed by atoms with Crippen molar-refractivity contribution in [1.29, 1.82) is 0 Å². The van der Waals surface area contributed by atoms with E-state index < -0.39 is 0 Å². The van der Waals surface area contributed by atoms with Gasteiger partial charge in [-0.1, -0.05) is 36.8 Å². The van der Waals surface area contributed by atoms with Crippen molar-refractivity contribution in [2.24, 2.45) is 4.99 Å². The summed E-state index contributed by atoms with van der Waals surface area (Å²) in [5.41, 5.74) is 3.75. The third-order valence-electron chi connectivity index (χ3n) is 2.19. The topological polar surface area (TPSA) is 12.4 Å². The van der Waals surface area contributed by atoms with E-state index in [0.29, 0.717) is 0 Å². The van der Waals surface area contributed by atoms with Crippen LogP contribution >= 0.6 is 0 Å². The summed E-state index contributed by atoms with van der Waals surface area (Å²) in [6, 6.07) is 8.60. The van der Waals surface area contributed by atoms with Crippen LogP contribution in [-0.4, -0.2) is 11.3 Å². The molecule has 0 spiro atoms. The highest BCUT2D eigenvalue weighted by Crippen LogP contribution is 2.13. The van der Waals surface area contributed by atoms with E-state index in [1.54, 1.807) is 0 Å². The van der Waals surface area contributed by atoms with Crippen LogP contribution in [0.1, 0.15) is 45.2 Å². The van der Waals surface area contributed by atoms with Gasteiger partial charge in [0.25, 0.3) is 0 Å². The molecule has 0 aromatic heterocycles. The minimum Gasteiger partial charge on any atom is -0.283 e. The first-order valence-electron chi connectivity index (χ1n) is 5.58. The average Bonchev–Trinajstić information content (AvgIpc) is 2.14. The van der Waals surface area contributed by atoms with E-state index in [0.717, 1.165) is 6.42 Å². The summed E-state index contributed by atoms with van der Waals surface area (Å²) in [6.07, 6.45) is 0.986. The molecule has 0 atom stereocenters. The van der Waals surface area contributed by atoms with Crippen LogP contribution in [0.5, 0.6) is 0 Å². The van der Waals surface area contributed by atoms with Gasteiger partial charge in [-0.15, -0.1) is 0 Å². The highest BCUT2D eigenvalue weighted by Gasteiger charge is 2.09. The zero-order valence-corrected chi connectivity index (χ0v) is 10.5. The van der Waals surface area contributed by atoms with E-state index >= 15 is 0 Å². The monoisotopic (exact) mass is 203 g/mol. The maximum absolute atomic E-state index is 4.74. The maximum Gasteiger partial charge on any atom is 0.0527 e. The van der Waals surface area contributed by atoms with Crippen LogP contribution in [0.4, 0.5) is 0 Å². The van der Waals surface area contributed by atoms with Crippen molar-refractivity contribution in [2.45, 2.75) is 46.6 Å². The van der Waals surface area contributed by atoms with E-state index in [9.17, 15) is 0 Å². The molecule has 0 unspecified atom stereocenters. The second kappa shape index (κ2) is 4.61. The molecule has 1 aromatic rings. The van der Waals surface area contributed by atoms with Gasteiger partial charge >= 0.3 is 0 Å². The van der Waals surface area contributed by atoms with Crippen LogP contribution in [0.25, 0.3) is 0 Å². The van der Waals surface area contributed by atoms with Crippen LogP contribution in [0, 0.1) is 6.92 Å². The van der Waals surface area contributed by atoms with Gasteiger partial charge in [-0.05, 0) is 39.7 Å². The first-order valence-corrected chi connectivity index (χ1v) is 5.58. The molecule has 0 radical (unpaired) electrons. The quantitative estimate of drug-likeness (QED) is 0.644. The minimum atomic E-state index is 0.0101. The number of hydrogen-bond acceptors (Lipinski definition) is 1. The van der Waals surface area contributed by atoms with Crippen LogP contribution in [0.15, 0.2) is 29.3 Å². The molecular formula is C14H21N. The predicted molar refractivity (Wildman–Crippen MR) is 67.8 cm³/mol. The van der Waals surface area contributed by atoms with E-state index in [1.807, 2.05) is 0 Å². The minimum absolute atomic E-state index is 0.0101. The van der Waals surface area contributed by atoms with Crippen molar-refractivity contribution >= 4 is 5.71 Å². The molecule has 82 valence electrons. The standard InChI is InChI=1S/C14H21N/c1-6-13(15-14(3,4)5)12-9-7-11(2)8-10-12/h7-10H,6H2,1-5H3. The van der Waals surface area contributed by atoms with Crippen molar-refractivity contribution in [1.82, 2.24) is 0 Å². The molecule has 0 aliphatic carbocycles. The summed E-state index contributed by atoms with van der Waals surface area (Å²) in [4.78, 5) is 4.74. The molecular weight excluding hydrogens is 182 g/mol. The zero-order valence-electron chi connectivity index (χ0n) is 10.5. The van der Waals surface area contributed by atoms with Gasteiger partial charge in [0.05, 0.1) is 5.54 Å². The van der Waals surface area contributed by atoms with E-state index in [-0.39, 0.29) is 5.54 Å². The Morgan fingerprint density at radius 3 is 2.07 bits per heavy atom. The number of nitrogens with zero attached hydrogens (tertiary/aromatic N) is 1. The van der Waals surface area contributed by atoms with Crippen molar-refractivity contribution in [3.63, 3.8) is 0 Å². The van der Waals surface area contributed by atoms with Crippen LogP contribution < -0.4 is 0 Å². The summed E-state index contributed by atoms with van der Waals surface area (Å²) in [5.74, 6) is 0. The first-order chi connectivity index (χ1) is 6.92. The van der Waals surface area contributed by atoms with Gasteiger partial charge in [-0.3, -0.25) is 4.99 Å². The Bertz CT molecular complexity index is 339. The van der Waals surface area contributed by atoms with Crippen LogP contribution in [-0.2, 0) is 0 Å². The second-order valence-corrected chi connectivity index (χ2v) is 4.95. The zero-order chi connectivity index (χ0) is 11.5. The Hall–Kier alpha value is -1.11. The Balaban J connectivity index is 3.03. The Kier molecular flexibility index (Phi) is 3.67. The summed E-state index contributed by atoms with van der Waals surface area (Å²) >= 11 is 0. The largest absolute Gasteiger partial charge is 0.283 e. The summed E-state index contributed by atoms with van der Waals surface area (Å²) in [5, 5.41) is 0. The Morgan fingerprint density at radius 2 is 1.67 bits per heavy atom. The van der Waals surface area contributed by atoms with E-state index in [2.05, 4.69) is 58.9 Å². The smallest absolute Gasteiger partial charge is 0.0527 e. The van der Waals surface area contributed by atoms with Gasteiger partial charge in [0.1, 0.15) is 0 Å². The van der Waals surface area contributed by atoms with Crippen LogP contribution in [0.3, 0.4) is 0 Å². The Morgan fingerprint density at radius 1 is 1.13 bits per heavy atom. The molecule has 0 saturated carbocycles. The van der Waals surface area contributed by atoms with Gasteiger partial charge in [-0.2, -0.15) is 0 Å². The third-order valence-corrected chi connectivity index (χ3v) is 2.19. The van der Waals surface area contributed by atoms with Crippen molar-refractivity contribution < 1.29 is 0 Å². The number of aryl methyl sites for hydroxylation is 1. The van der Waals surface area contributed by atoms with Gasteiger partial charge in [0.15, 0.2) is 0 Å². The molecule has 0 aliphatic rings. The fraction of sp³-hybridized carbons (Fsp3) is 0.500. The van der Waals surface area contributed by atoms with Crippen LogP contribution in [0.2, 0.25) is 0 Å². The number of benzene rings is 1. The lowest BCUT2D eigenvalue weighted by Crippen LogP contribution is -2.14. The fourth-order valence-corrected chi connectivity index (χ4v) is 1.50. The molecule has 1 rings (SSSR count). The van der Waals surface area contributed by atoms with E-state index in [1.165, 1.54) is 16.8 Å². The number of hydrogen-bond donors (Lipinski definition) is 0. The molecule has 1 heteroatoms. The van der Waals surface area contributed by atoms with E-state index in [4.69, 9.17) is 4.99 Å². The summed E-state index contributed by atoms with van der Waals surface area (Å²) < 4.78 is 0. The molecule has 0 aliphatic heterocycles. The molecule has 0 saturated heterocycles. The van der Waals surface area contributed by atoms with Gasteiger partial charge < -0.3 is 0 Å². The predicted octanol–water partition coefficient (Wildman–Crippen LogP) is 3.99. The van der Waals surface area contributed by atoms with Gasteiger partial charge in [-0.25, -0.2) is 0 Å². The molecule has 0 fully saturated rings. The molecule has 15 heavy (non-hydrogen) atoms. The maximum atomic E-state index is 4.74. The normalized spacial score (nSPS) is 13.0. The van der Waals surface area contributed by atoms with Crippen molar-refractivity contribution in [2.75, 3.05) is 0 Å². The first kappa shape index (κ1) is 12.0.